The van der Waals surface area contributed by atoms with E-state index < -0.39 is 53.7 Å². The number of nitrogens with two attached hydrogens (primary N) is 4. The molecule has 0 spiro atoms. The van der Waals surface area contributed by atoms with Crippen molar-refractivity contribution in [3.05, 3.63) is 0 Å². The minimum atomic E-state index is -1.07. The summed E-state index contributed by atoms with van der Waals surface area (Å²) in [4.78, 5) is 74.7. The first-order chi connectivity index (χ1) is 17.3. The second-order valence-corrected chi connectivity index (χ2v) is 9.23. The van der Waals surface area contributed by atoms with Crippen molar-refractivity contribution >= 4 is 41.8 Å². The van der Waals surface area contributed by atoms with Crippen molar-refractivity contribution in [2.75, 3.05) is 6.54 Å². The molecule has 0 radical (unpaired) electrons. The lowest BCUT2D eigenvalue weighted by Crippen LogP contribution is -2.78. The van der Waals surface area contributed by atoms with Gasteiger partial charge in [0, 0.05) is 19.3 Å². The van der Waals surface area contributed by atoms with Gasteiger partial charge in [0.2, 0.25) is 23.6 Å². The van der Waals surface area contributed by atoms with E-state index in [-0.39, 0.29) is 50.4 Å². The van der Waals surface area contributed by atoms with Gasteiger partial charge in [-0.05, 0) is 31.6 Å². The monoisotopic (exact) mass is 529 g/mol. The molecule has 0 bridgehead atoms. The van der Waals surface area contributed by atoms with Gasteiger partial charge in [-0.2, -0.15) is 0 Å². The average molecular weight is 530 g/mol. The molecule has 15 heteroatoms. The molecule has 0 unspecified atom stereocenters. The van der Waals surface area contributed by atoms with Crippen molar-refractivity contribution in [1.82, 2.24) is 16.0 Å². The van der Waals surface area contributed by atoms with Crippen molar-refractivity contribution in [2.24, 2.45) is 28.9 Å². The van der Waals surface area contributed by atoms with Crippen LogP contribution < -0.4 is 49.6 Å². The van der Waals surface area contributed by atoms with Crippen LogP contribution in [-0.4, -0.2) is 72.5 Å². The van der Waals surface area contributed by atoms with Crippen molar-refractivity contribution in [3.8, 4) is 0 Å². The van der Waals surface area contributed by atoms with E-state index in [2.05, 4.69) is 26.7 Å². The number of hydrogen-bond acceptors (Lipinski definition) is 6. The van der Waals surface area contributed by atoms with Crippen LogP contribution >= 0.6 is 0 Å². The van der Waals surface area contributed by atoms with Gasteiger partial charge < -0.3 is 37.9 Å². The number of amides is 5. The van der Waals surface area contributed by atoms with Gasteiger partial charge in [-0.25, -0.2) is 0 Å². The first kappa shape index (κ1) is 33.2. The zero-order chi connectivity index (χ0) is 28.5. The van der Waals surface area contributed by atoms with Gasteiger partial charge in [0.1, 0.15) is 18.4 Å². The number of aldehydes is 1. The zero-order valence-electron chi connectivity index (χ0n) is 21.6. The van der Waals surface area contributed by atoms with E-state index >= 15 is 0 Å². The number of carbonyl (C=O) groups is 6. The number of guanidine groups is 1. The molecule has 0 fully saturated rings. The summed E-state index contributed by atoms with van der Waals surface area (Å²) in [5.74, 6) is -2.98. The maximum Gasteiger partial charge on any atom is 0.338 e. The fraction of sp³-hybridized carbons (Fsp3) is 0.682. The van der Waals surface area contributed by atoms with Crippen LogP contribution in [0.4, 0.5) is 0 Å². The van der Waals surface area contributed by atoms with Crippen LogP contribution in [0.25, 0.3) is 0 Å². The third-order valence-corrected chi connectivity index (χ3v) is 5.28. The van der Waals surface area contributed by atoms with Gasteiger partial charge in [-0.15, -0.1) is 0 Å². The summed E-state index contributed by atoms with van der Waals surface area (Å²) in [5, 5.41) is 7.76. The molecule has 5 amide bonds. The Morgan fingerprint density at radius 2 is 1.35 bits per heavy atom. The van der Waals surface area contributed by atoms with E-state index in [1.165, 1.54) is 0 Å². The van der Waals surface area contributed by atoms with E-state index in [4.69, 9.17) is 22.9 Å². The number of hydrogen-bond donors (Lipinski definition) is 9. The first-order valence-electron chi connectivity index (χ1n) is 12.1. The molecular formula is C22H43N9O6+2. The van der Waals surface area contributed by atoms with E-state index in [1.54, 1.807) is 0 Å². The Hall–Kier alpha value is -3.75. The lowest BCUT2D eigenvalue weighted by atomic mass is 10.0. The fourth-order valence-electron chi connectivity index (χ4n) is 3.28. The van der Waals surface area contributed by atoms with Crippen LogP contribution in [0.2, 0.25) is 0 Å². The standard InChI is InChI=1S/C22H41N9O6/c1-12(2)10-16(31-19(35)14(23)6-8-18(25)34)21(37)30-15(4-3-9-28-22(26)27)20(36)29-13(11-32)5-7-17(24)33/h11-16H,3-10,23H2,1-2H3,(H2,24,33)(H2,25,34)(H,29,36)(H,30,37)(H,31,35)(H4,26,27,28)/p+2/t13-,14-,15-,16-/m0/s1. The Labute approximate surface area is 216 Å². The number of carbonyl (C=O) groups excluding carboxylic acids is 6. The van der Waals surface area contributed by atoms with E-state index in [9.17, 15) is 28.8 Å². The molecule has 0 aliphatic heterocycles. The zero-order valence-corrected chi connectivity index (χ0v) is 21.6. The lowest BCUT2D eigenvalue weighted by molar-refractivity contribution is -0.459. The first-order valence-corrected chi connectivity index (χ1v) is 12.1. The summed E-state index contributed by atoms with van der Waals surface area (Å²) in [6.45, 7) is 4.03. The van der Waals surface area contributed by atoms with Gasteiger partial charge in [0.25, 0.3) is 5.91 Å². The number of primary amides is 2. The molecule has 37 heavy (non-hydrogen) atoms. The molecule has 0 rings (SSSR count). The summed E-state index contributed by atoms with van der Waals surface area (Å²) >= 11 is 0. The largest absolute Gasteiger partial charge is 0.370 e. The molecule has 210 valence electrons. The molecule has 0 heterocycles. The third-order valence-electron chi connectivity index (χ3n) is 5.28. The molecule has 0 aliphatic carbocycles. The Kier molecular flexibility index (Phi) is 15.9. The van der Waals surface area contributed by atoms with Gasteiger partial charge in [0.15, 0.2) is 6.04 Å². The molecule has 0 aliphatic rings. The minimum absolute atomic E-state index is 0.00344. The number of rotatable bonds is 19. The van der Waals surface area contributed by atoms with Crippen LogP contribution in [0.5, 0.6) is 0 Å². The van der Waals surface area contributed by atoms with Gasteiger partial charge in [-0.3, -0.25) is 40.4 Å². The molecule has 15 nitrogen and oxygen atoms in total. The highest BCUT2D eigenvalue weighted by Crippen LogP contribution is 2.08. The Morgan fingerprint density at radius 3 is 1.86 bits per heavy atom. The predicted octanol–water partition coefficient (Wildman–Crippen LogP) is -6.04. The molecule has 0 saturated carbocycles. The highest BCUT2D eigenvalue weighted by Gasteiger charge is 2.30. The number of quaternary nitrogens is 1. The van der Waals surface area contributed by atoms with Crippen molar-refractivity contribution < 1.29 is 39.5 Å². The van der Waals surface area contributed by atoms with Gasteiger partial charge >= 0.3 is 5.96 Å². The number of nitrogens with one attached hydrogen (secondary N) is 4. The van der Waals surface area contributed by atoms with E-state index in [1.807, 2.05) is 13.8 Å². The maximum absolute atomic E-state index is 13.1. The Bertz CT molecular complexity index is 829. The smallest absolute Gasteiger partial charge is 0.338 e. The summed E-state index contributed by atoms with van der Waals surface area (Å²) in [6, 6.07) is -3.84. The maximum atomic E-state index is 13.1. The Balaban J connectivity index is 5.54. The van der Waals surface area contributed by atoms with E-state index in [0.717, 1.165) is 0 Å². The SMILES string of the molecule is CC(C)C[C@H](NC(=O)[C@@H]([NH3+])CCC(N)=O)C(=O)N[C@@H](CCC[NH+]=C(N)N)C(=O)N[C@H](C=O)CCC(N)=O. The third kappa shape index (κ3) is 15.8. The van der Waals surface area contributed by atoms with Crippen molar-refractivity contribution in [1.29, 1.82) is 0 Å². The molecule has 4 atom stereocenters. The van der Waals surface area contributed by atoms with Gasteiger partial charge in [-0.1, -0.05) is 13.8 Å². The summed E-state index contributed by atoms with van der Waals surface area (Å²) < 4.78 is 0. The quantitative estimate of drug-likeness (QED) is 0.0335. The predicted molar refractivity (Wildman–Crippen MR) is 133 cm³/mol. The molecule has 0 aromatic rings. The second kappa shape index (κ2) is 17.6. The van der Waals surface area contributed by atoms with Crippen LogP contribution in [0, 0.1) is 5.92 Å². The molecule has 0 aromatic carbocycles. The normalized spacial score (nSPS) is 13.9. The average Bonchev–Trinajstić information content (AvgIpc) is 2.80. The van der Waals surface area contributed by atoms with Crippen molar-refractivity contribution in [3.63, 3.8) is 0 Å². The van der Waals surface area contributed by atoms with Crippen molar-refractivity contribution in [2.45, 2.75) is 83.0 Å². The van der Waals surface area contributed by atoms with E-state index in [0.29, 0.717) is 19.3 Å². The molecule has 0 aromatic heterocycles. The second-order valence-electron chi connectivity index (χ2n) is 9.23. The molecular weight excluding hydrogens is 486 g/mol. The lowest BCUT2D eigenvalue weighted by Gasteiger charge is -2.25. The topological polar surface area (TPSA) is 284 Å². The minimum Gasteiger partial charge on any atom is -0.370 e. The van der Waals surface area contributed by atoms with Crippen LogP contribution in [0.1, 0.15) is 58.8 Å². The fourth-order valence-corrected chi connectivity index (χ4v) is 3.28. The summed E-state index contributed by atoms with van der Waals surface area (Å²) in [7, 11) is 0. The van der Waals surface area contributed by atoms with Gasteiger partial charge in [0.05, 0.1) is 12.6 Å². The van der Waals surface area contributed by atoms with Crippen LogP contribution in [0.15, 0.2) is 0 Å². The van der Waals surface area contributed by atoms with Crippen LogP contribution in [-0.2, 0) is 28.8 Å². The molecule has 0 saturated heterocycles. The van der Waals surface area contributed by atoms with Crippen LogP contribution in [0.3, 0.4) is 0 Å². The molecule has 15 N–H and O–H groups in total. The summed E-state index contributed by atoms with van der Waals surface area (Å²) in [5.41, 5.74) is 24.7. The summed E-state index contributed by atoms with van der Waals surface area (Å²) in [6.07, 6.45) is 1.26. The highest BCUT2D eigenvalue weighted by molar-refractivity contribution is 5.93. The highest BCUT2D eigenvalue weighted by atomic mass is 16.2. The Morgan fingerprint density at radius 1 is 0.811 bits per heavy atom.